The molecule has 19 heavy (non-hydrogen) atoms. The van der Waals surface area contributed by atoms with Crippen molar-refractivity contribution in [3.63, 3.8) is 0 Å². The van der Waals surface area contributed by atoms with Crippen molar-refractivity contribution in [1.82, 2.24) is 5.32 Å². The summed E-state index contributed by atoms with van der Waals surface area (Å²) in [6.45, 7) is 5.81. The molecule has 0 saturated carbocycles. The van der Waals surface area contributed by atoms with Crippen molar-refractivity contribution in [2.45, 2.75) is 46.1 Å². The monoisotopic (exact) mass is 283 g/mol. The van der Waals surface area contributed by atoms with Crippen LogP contribution in [0.25, 0.3) is 0 Å². The molecule has 1 aromatic rings. The van der Waals surface area contributed by atoms with Crippen LogP contribution in [0.5, 0.6) is 0 Å². The first-order valence-corrected chi connectivity index (χ1v) is 7.25. The Bertz CT molecular complexity index is 442. The van der Waals surface area contributed by atoms with Crippen molar-refractivity contribution in [3.8, 4) is 0 Å². The fourth-order valence-electron chi connectivity index (χ4n) is 1.97. The Morgan fingerprint density at radius 2 is 2.00 bits per heavy atom. The highest BCUT2D eigenvalue weighted by molar-refractivity contribution is 7.11. The molecule has 0 fully saturated rings. The standard InChI is InChI=1S/C14H21NO3S/c1-9(7-14(17)18)6-13(16)15-10(2)8-12-5-4-11(3)19-12/h4-5,9-10H,6-8H2,1-3H3,(H,15,16)(H,17,18). The minimum absolute atomic E-state index is 0.0337. The summed E-state index contributed by atoms with van der Waals surface area (Å²) >= 11 is 1.74. The second-order valence-corrected chi connectivity index (χ2v) is 6.46. The van der Waals surface area contributed by atoms with Gasteiger partial charge in [0.1, 0.15) is 0 Å². The molecule has 2 unspecified atom stereocenters. The molecule has 0 aliphatic carbocycles. The number of carboxylic acids is 1. The van der Waals surface area contributed by atoms with Gasteiger partial charge in [0.2, 0.25) is 5.91 Å². The van der Waals surface area contributed by atoms with Crippen LogP contribution in [0.4, 0.5) is 0 Å². The topological polar surface area (TPSA) is 66.4 Å². The SMILES string of the molecule is Cc1ccc(CC(C)NC(=O)CC(C)CC(=O)O)s1. The van der Waals surface area contributed by atoms with Crippen LogP contribution in [-0.2, 0) is 16.0 Å². The van der Waals surface area contributed by atoms with Gasteiger partial charge in [-0.1, -0.05) is 6.92 Å². The van der Waals surface area contributed by atoms with Gasteiger partial charge in [0.25, 0.3) is 0 Å². The third-order valence-electron chi connectivity index (χ3n) is 2.77. The molecule has 2 atom stereocenters. The fourth-order valence-corrected chi connectivity index (χ4v) is 2.99. The quantitative estimate of drug-likeness (QED) is 0.808. The van der Waals surface area contributed by atoms with Gasteiger partial charge in [-0.2, -0.15) is 0 Å². The molecule has 2 N–H and O–H groups in total. The van der Waals surface area contributed by atoms with E-state index in [0.29, 0.717) is 0 Å². The molecule has 1 heterocycles. The lowest BCUT2D eigenvalue weighted by molar-refractivity contribution is -0.138. The maximum atomic E-state index is 11.7. The van der Waals surface area contributed by atoms with Crippen LogP contribution in [0.1, 0.15) is 36.4 Å². The summed E-state index contributed by atoms with van der Waals surface area (Å²) in [7, 11) is 0. The summed E-state index contributed by atoms with van der Waals surface area (Å²) in [5, 5.41) is 11.6. The third kappa shape index (κ3) is 6.38. The summed E-state index contributed by atoms with van der Waals surface area (Å²) in [5.41, 5.74) is 0. The van der Waals surface area contributed by atoms with E-state index in [1.807, 2.05) is 6.92 Å². The van der Waals surface area contributed by atoms with Crippen molar-refractivity contribution in [2.75, 3.05) is 0 Å². The van der Waals surface area contributed by atoms with Crippen LogP contribution in [0.2, 0.25) is 0 Å². The second-order valence-electron chi connectivity index (χ2n) is 5.09. The Morgan fingerprint density at radius 3 is 2.53 bits per heavy atom. The molecule has 0 aliphatic heterocycles. The Labute approximate surface area is 117 Å². The predicted octanol–water partition coefficient (Wildman–Crippen LogP) is 2.60. The molecule has 0 aromatic carbocycles. The number of thiophene rings is 1. The normalized spacial score (nSPS) is 13.8. The molecular weight excluding hydrogens is 262 g/mol. The van der Waals surface area contributed by atoms with Gasteiger partial charge in [-0.25, -0.2) is 0 Å². The van der Waals surface area contributed by atoms with Gasteiger partial charge < -0.3 is 10.4 Å². The zero-order valence-electron chi connectivity index (χ0n) is 11.6. The summed E-state index contributed by atoms with van der Waals surface area (Å²) < 4.78 is 0. The Balaban J connectivity index is 2.33. The first kappa shape index (κ1) is 15.7. The van der Waals surface area contributed by atoms with Crippen molar-refractivity contribution in [2.24, 2.45) is 5.92 Å². The van der Waals surface area contributed by atoms with E-state index in [4.69, 9.17) is 5.11 Å². The van der Waals surface area contributed by atoms with Crippen molar-refractivity contribution in [1.29, 1.82) is 0 Å². The number of nitrogens with one attached hydrogen (secondary N) is 1. The number of rotatable bonds is 7. The van der Waals surface area contributed by atoms with Crippen molar-refractivity contribution in [3.05, 3.63) is 21.9 Å². The van der Waals surface area contributed by atoms with Crippen LogP contribution in [0.15, 0.2) is 12.1 Å². The van der Waals surface area contributed by atoms with E-state index in [1.165, 1.54) is 9.75 Å². The number of hydrogen-bond donors (Lipinski definition) is 2. The summed E-state index contributed by atoms with van der Waals surface area (Å²) in [6.07, 6.45) is 1.11. The Morgan fingerprint density at radius 1 is 1.32 bits per heavy atom. The zero-order chi connectivity index (χ0) is 14.4. The van der Waals surface area contributed by atoms with Gasteiger partial charge in [-0.15, -0.1) is 11.3 Å². The van der Waals surface area contributed by atoms with E-state index in [9.17, 15) is 9.59 Å². The predicted molar refractivity (Wildman–Crippen MR) is 76.4 cm³/mol. The molecule has 1 amide bonds. The zero-order valence-corrected chi connectivity index (χ0v) is 12.4. The maximum Gasteiger partial charge on any atom is 0.303 e. The van der Waals surface area contributed by atoms with Gasteiger partial charge in [0, 0.05) is 35.1 Å². The van der Waals surface area contributed by atoms with E-state index in [0.717, 1.165) is 6.42 Å². The van der Waals surface area contributed by atoms with E-state index in [2.05, 4.69) is 24.4 Å². The van der Waals surface area contributed by atoms with E-state index in [1.54, 1.807) is 18.3 Å². The number of hydrogen-bond acceptors (Lipinski definition) is 3. The number of amides is 1. The van der Waals surface area contributed by atoms with E-state index in [-0.39, 0.29) is 30.7 Å². The van der Waals surface area contributed by atoms with Crippen LogP contribution in [0, 0.1) is 12.8 Å². The summed E-state index contributed by atoms with van der Waals surface area (Å²) in [4.78, 5) is 24.8. The Hall–Kier alpha value is -1.36. The van der Waals surface area contributed by atoms with Crippen LogP contribution >= 0.6 is 11.3 Å². The van der Waals surface area contributed by atoms with Crippen molar-refractivity contribution >= 4 is 23.2 Å². The molecule has 5 heteroatoms. The third-order valence-corrected chi connectivity index (χ3v) is 3.79. The number of carbonyl (C=O) groups is 2. The lowest BCUT2D eigenvalue weighted by Gasteiger charge is -2.14. The highest BCUT2D eigenvalue weighted by atomic mass is 32.1. The lowest BCUT2D eigenvalue weighted by atomic mass is 10.0. The highest BCUT2D eigenvalue weighted by Crippen LogP contribution is 2.17. The smallest absolute Gasteiger partial charge is 0.303 e. The lowest BCUT2D eigenvalue weighted by Crippen LogP contribution is -2.34. The van der Waals surface area contributed by atoms with Crippen LogP contribution in [0.3, 0.4) is 0 Å². The molecule has 0 radical (unpaired) electrons. The molecule has 0 bridgehead atoms. The first-order valence-electron chi connectivity index (χ1n) is 6.43. The molecular formula is C14H21NO3S. The number of aliphatic carboxylic acids is 1. The first-order chi connectivity index (χ1) is 8.86. The molecule has 0 spiro atoms. The Kier molecular flexibility index (Phi) is 6.02. The largest absolute Gasteiger partial charge is 0.481 e. The minimum atomic E-state index is -0.859. The highest BCUT2D eigenvalue weighted by Gasteiger charge is 2.14. The van der Waals surface area contributed by atoms with Gasteiger partial charge in [-0.05, 0) is 31.9 Å². The number of carboxylic acid groups (broad SMARTS) is 1. The maximum absolute atomic E-state index is 11.7. The molecule has 4 nitrogen and oxygen atoms in total. The average Bonchev–Trinajstić information content (AvgIpc) is 2.61. The van der Waals surface area contributed by atoms with Crippen LogP contribution in [-0.4, -0.2) is 23.0 Å². The van der Waals surface area contributed by atoms with Gasteiger partial charge in [0.05, 0.1) is 0 Å². The summed E-state index contributed by atoms with van der Waals surface area (Å²) in [6, 6.07) is 4.22. The second kappa shape index (κ2) is 7.28. The molecule has 1 rings (SSSR count). The van der Waals surface area contributed by atoms with Crippen LogP contribution < -0.4 is 5.32 Å². The number of carbonyl (C=O) groups excluding carboxylic acids is 1. The fraction of sp³-hybridized carbons (Fsp3) is 0.571. The summed E-state index contributed by atoms with van der Waals surface area (Å²) in [5.74, 6) is -1.06. The van der Waals surface area contributed by atoms with Gasteiger partial charge in [-0.3, -0.25) is 9.59 Å². The van der Waals surface area contributed by atoms with Gasteiger partial charge in [0.15, 0.2) is 0 Å². The van der Waals surface area contributed by atoms with Crippen molar-refractivity contribution < 1.29 is 14.7 Å². The molecule has 106 valence electrons. The van der Waals surface area contributed by atoms with Gasteiger partial charge >= 0.3 is 5.97 Å². The minimum Gasteiger partial charge on any atom is -0.481 e. The molecule has 0 aliphatic rings. The average molecular weight is 283 g/mol. The number of aryl methyl sites for hydroxylation is 1. The molecule has 0 saturated heterocycles. The van der Waals surface area contributed by atoms with E-state index < -0.39 is 5.97 Å². The molecule has 1 aromatic heterocycles. The van der Waals surface area contributed by atoms with E-state index >= 15 is 0 Å².